The second-order valence-electron chi connectivity index (χ2n) is 10.2. The molecule has 0 aliphatic carbocycles. The second-order valence-corrected chi connectivity index (χ2v) is 12.9. The van der Waals surface area contributed by atoms with E-state index in [9.17, 15) is 26.8 Å². The SMILES string of the molecule is CCCCNC(=O)C(Cc1ccccc1)N(Cc1ccc(Cl)c(Cl)c1)C(=O)CCCN(c1ccc(F)c(F)c1)S(C)(=O)=O. The second kappa shape index (κ2) is 16.0. The van der Waals surface area contributed by atoms with Crippen LogP contribution in [-0.2, 0) is 32.6 Å². The van der Waals surface area contributed by atoms with E-state index in [1.807, 2.05) is 37.3 Å². The molecule has 3 aromatic carbocycles. The van der Waals surface area contributed by atoms with Crippen molar-refractivity contribution in [3.8, 4) is 0 Å². The molecule has 0 radical (unpaired) electrons. The summed E-state index contributed by atoms with van der Waals surface area (Å²) in [6.07, 6.45) is 2.78. The van der Waals surface area contributed by atoms with E-state index in [2.05, 4.69) is 5.32 Å². The van der Waals surface area contributed by atoms with Crippen LogP contribution < -0.4 is 9.62 Å². The monoisotopic (exact) mass is 653 g/mol. The maximum absolute atomic E-state index is 13.9. The van der Waals surface area contributed by atoms with Gasteiger partial charge in [0, 0.05) is 38.5 Å². The molecule has 1 unspecified atom stereocenters. The molecule has 1 N–H and O–H groups in total. The lowest BCUT2D eigenvalue weighted by atomic mass is 10.0. The van der Waals surface area contributed by atoms with E-state index in [1.165, 1.54) is 4.90 Å². The van der Waals surface area contributed by atoms with Crippen molar-refractivity contribution >= 4 is 50.7 Å². The number of benzene rings is 3. The van der Waals surface area contributed by atoms with Gasteiger partial charge in [-0.1, -0.05) is 72.9 Å². The van der Waals surface area contributed by atoms with E-state index in [4.69, 9.17) is 23.2 Å². The fourth-order valence-electron chi connectivity index (χ4n) is 4.54. The van der Waals surface area contributed by atoms with Crippen LogP contribution in [0.4, 0.5) is 14.5 Å². The van der Waals surface area contributed by atoms with E-state index in [0.29, 0.717) is 22.2 Å². The highest BCUT2D eigenvalue weighted by Crippen LogP contribution is 2.25. The van der Waals surface area contributed by atoms with Gasteiger partial charge in [-0.25, -0.2) is 17.2 Å². The fourth-order valence-corrected chi connectivity index (χ4v) is 5.82. The molecule has 3 aromatic rings. The third-order valence-electron chi connectivity index (χ3n) is 6.78. The van der Waals surface area contributed by atoms with Crippen molar-refractivity contribution in [2.24, 2.45) is 0 Å². The molecule has 232 valence electrons. The molecule has 0 saturated carbocycles. The van der Waals surface area contributed by atoms with Crippen LogP contribution in [0, 0.1) is 11.6 Å². The Hall–Kier alpha value is -3.21. The molecule has 3 rings (SSSR count). The summed E-state index contributed by atoms with van der Waals surface area (Å²) in [5.41, 5.74) is 1.45. The molecule has 0 aliphatic heterocycles. The summed E-state index contributed by atoms with van der Waals surface area (Å²) in [5.74, 6) is -3.00. The molecule has 0 fully saturated rings. The van der Waals surface area contributed by atoms with Crippen molar-refractivity contribution in [1.29, 1.82) is 0 Å². The predicted octanol–water partition coefficient (Wildman–Crippen LogP) is 6.37. The van der Waals surface area contributed by atoms with Crippen molar-refractivity contribution in [2.75, 3.05) is 23.7 Å². The Balaban J connectivity index is 1.90. The first-order valence-electron chi connectivity index (χ1n) is 13.9. The molecule has 0 aliphatic rings. The lowest BCUT2D eigenvalue weighted by molar-refractivity contribution is -0.141. The van der Waals surface area contributed by atoms with E-state index >= 15 is 0 Å². The van der Waals surface area contributed by atoms with Crippen LogP contribution >= 0.6 is 23.2 Å². The van der Waals surface area contributed by atoms with Gasteiger partial charge in [-0.2, -0.15) is 0 Å². The summed E-state index contributed by atoms with van der Waals surface area (Å²) in [7, 11) is -3.88. The van der Waals surface area contributed by atoms with Gasteiger partial charge in [-0.15, -0.1) is 0 Å². The number of rotatable bonds is 15. The zero-order valence-corrected chi connectivity index (χ0v) is 26.4. The van der Waals surface area contributed by atoms with E-state index in [-0.39, 0.29) is 43.9 Å². The standard InChI is InChI=1S/C31H35Cl2F2N3O4S/c1-3-4-16-36-31(40)29(19-22-9-6-5-7-10-22)37(21-23-12-14-25(32)26(33)18-23)30(39)11-8-17-38(43(2,41)42)24-13-15-27(34)28(35)20-24/h5-7,9-10,12-15,18,20,29H,3-4,8,11,16-17,19,21H2,1-2H3,(H,36,40). The quantitative estimate of drug-likeness (QED) is 0.193. The molecule has 2 amide bonds. The number of carbonyl (C=O) groups excluding carboxylic acids is 2. The van der Waals surface area contributed by atoms with Crippen LogP contribution in [0.25, 0.3) is 0 Å². The van der Waals surface area contributed by atoms with Crippen LogP contribution in [0.2, 0.25) is 10.0 Å². The van der Waals surface area contributed by atoms with E-state index < -0.39 is 33.6 Å². The summed E-state index contributed by atoms with van der Waals surface area (Å²) in [6, 6.07) is 16.2. The van der Waals surface area contributed by atoms with Crippen LogP contribution in [0.5, 0.6) is 0 Å². The smallest absolute Gasteiger partial charge is 0.243 e. The Morgan fingerprint density at radius 3 is 2.26 bits per heavy atom. The lowest BCUT2D eigenvalue weighted by Gasteiger charge is -2.32. The van der Waals surface area contributed by atoms with Crippen LogP contribution in [0.15, 0.2) is 66.7 Å². The van der Waals surface area contributed by atoms with Gasteiger partial charge >= 0.3 is 0 Å². The fraction of sp³-hybridized carbons (Fsp3) is 0.355. The minimum absolute atomic E-state index is 0.0490. The van der Waals surface area contributed by atoms with Gasteiger partial charge in [-0.05, 0) is 48.2 Å². The highest BCUT2D eigenvalue weighted by Gasteiger charge is 2.30. The normalized spacial score (nSPS) is 12.0. The average Bonchev–Trinajstić information content (AvgIpc) is 2.96. The highest BCUT2D eigenvalue weighted by atomic mass is 35.5. The van der Waals surface area contributed by atoms with Crippen LogP contribution in [0.3, 0.4) is 0 Å². The highest BCUT2D eigenvalue weighted by molar-refractivity contribution is 7.92. The summed E-state index contributed by atoms with van der Waals surface area (Å²) in [6.45, 7) is 2.34. The average molecular weight is 655 g/mol. The molecular weight excluding hydrogens is 619 g/mol. The largest absolute Gasteiger partial charge is 0.354 e. The molecular formula is C31H35Cl2F2N3O4S. The van der Waals surface area contributed by atoms with Gasteiger partial charge in [0.1, 0.15) is 6.04 Å². The van der Waals surface area contributed by atoms with Gasteiger partial charge in [0.15, 0.2) is 11.6 Å². The number of nitrogens with one attached hydrogen (secondary N) is 1. The number of amides is 2. The third kappa shape index (κ3) is 10.2. The number of hydrogen-bond donors (Lipinski definition) is 1. The number of nitrogens with zero attached hydrogens (tertiary/aromatic N) is 2. The summed E-state index contributed by atoms with van der Waals surface area (Å²) >= 11 is 12.3. The first kappa shape index (κ1) is 34.3. The van der Waals surface area contributed by atoms with Gasteiger partial charge < -0.3 is 10.2 Å². The summed E-state index contributed by atoms with van der Waals surface area (Å²) < 4.78 is 53.3. The Morgan fingerprint density at radius 1 is 0.907 bits per heavy atom. The Morgan fingerprint density at radius 2 is 1.63 bits per heavy atom. The first-order valence-corrected chi connectivity index (χ1v) is 16.5. The van der Waals surface area contributed by atoms with Gasteiger partial charge in [0.25, 0.3) is 0 Å². The molecule has 0 heterocycles. The minimum atomic E-state index is -3.88. The molecule has 0 aromatic heterocycles. The zero-order valence-electron chi connectivity index (χ0n) is 24.0. The molecule has 1 atom stereocenters. The molecule has 43 heavy (non-hydrogen) atoms. The Bertz CT molecular complexity index is 1510. The summed E-state index contributed by atoms with van der Waals surface area (Å²) in [4.78, 5) is 28.8. The number of unbranched alkanes of at least 4 members (excludes halogenated alkanes) is 1. The maximum atomic E-state index is 13.9. The van der Waals surface area contributed by atoms with Crippen molar-refractivity contribution in [3.63, 3.8) is 0 Å². The number of halogens is 4. The van der Waals surface area contributed by atoms with Gasteiger partial charge in [-0.3, -0.25) is 13.9 Å². The molecule has 0 bridgehead atoms. The van der Waals surface area contributed by atoms with Gasteiger partial charge in [0.05, 0.1) is 22.0 Å². The predicted molar refractivity (Wildman–Crippen MR) is 167 cm³/mol. The third-order valence-corrected chi connectivity index (χ3v) is 8.71. The maximum Gasteiger partial charge on any atom is 0.243 e. The van der Waals surface area contributed by atoms with Crippen molar-refractivity contribution in [3.05, 3.63) is 99.5 Å². The topological polar surface area (TPSA) is 86.8 Å². The first-order chi connectivity index (χ1) is 20.4. The van der Waals surface area contributed by atoms with Crippen LogP contribution in [0.1, 0.15) is 43.7 Å². The number of anilines is 1. The molecule has 12 heteroatoms. The lowest BCUT2D eigenvalue weighted by Crippen LogP contribution is -2.50. The minimum Gasteiger partial charge on any atom is -0.354 e. The van der Waals surface area contributed by atoms with Gasteiger partial charge in [0.2, 0.25) is 21.8 Å². The van der Waals surface area contributed by atoms with E-state index in [0.717, 1.165) is 47.2 Å². The molecule has 7 nitrogen and oxygen atoms in total. The Kier molecular flexibility index (Phi) is 12.8. The van der Waals surface area contributed by atoms with Crippen molar-refractivity contribution < 1.29 is 26.8 Å². The van der Waals surface area contributed by atoms with Crippen LogP contribution in [-0.4, -0.2) is 50.5 Å². The van der Waals surface area contributed by atoms with Crippen molar-refractivity contribution in [1.82, 2.24) is 10.2 Å². The number of sulfonamides is 1. The number of carbonyl (C=O) groups is 2. The van der Waals surface area contributed by atoms with Crippen molar-refractivity contribution in [2.45, 2.75) is 51.6 Å². The molecule has 0 saturated heterocycles. The Labute approximate surface area is 261 Å². The molecule has 0 spiro atoms. The summed E-state index contributed by atoms with van der Waals surface area (Å²) in [5, 5.41) is 3.58. The zero-order chi connectivity index (χ0) is 31.6. The number of hydrogen-bond acceptors (Lipinski definition) is 4. The van der Waals surface area contributed by atoms with E-state index in [1.54, 1.807) is 18.2 Å².